The predicted molar refractivity (Wildman–Crippen MR) is 55.8 cm³/mol. The molecule has 0 aliphatic rings. The zero-order chi connectivity index (χ0) is 12.6. The minimum absolute atomic E-state index is 0.199. The molecule has 16 heavy (non-hydrogen) atoms. The molecule has 1 N–H and O–H groups in total. The molecule has 2 atom stereocenters. The molecule has 0 heterocycles. The monoisotopic (exact) mass is 292 g/mol. The third kappa shape index (κ3) is 2.34. The molecule has 8 heteroatoms. The summed E-state index contributed by atoms with van der Waals surface area (Å²) >= 11 is 6.74. The van der Waals surface area contributed by atoms with Crippen molar-refractivity contribution in [3.05, 3.63) is 34.9 Å². The van der Waals surface area contributed by atoms with Gasteiger partial charge in [0.1, 0.15) is 0 Å². The Morgan fingerprint density at radius 3 is 2.00 bits per heavy atom. The zero-order valence-corrected chi connectivity index (χ0v) is 9.79. The summed E-state index contributed by atoms with van der Waals surface area (Å²) in [6.07, 6.45) is 0. The first-order valence-electron chi connectivity index (χ1n) is 3.82. The molecule has 0 radical (unpaired) electrons. The van der Waals surface area contributed by atoms with Crippen LogP contribution in [0.25, 0.3) is 0 Å². The number of alkyl halides is 4. The Labute approximate surface area is 102 Å². The van der Waals surface area contributed by atoms with Gasteiger partial charge in [-0.3, -0.25) is 0 Å². The highest BCUT2D eigenvalue weighted by atomic mass is 35.5. The van der Waals surface area contributed by atoms with Crippen LogP contribution in [0.5, 0.6) is 0 Å². The quantitative estimate of drug-likeness (QED) is 0.684. The summed E-state index contributed by atoms with van der Waals surface area (Å²) in [5.41, 5.74) is -0.647. The fourth-order valence-corrected chi connectivity index (χ4v) is 1.72. The van der Waals surface area contributed by atoms with Crippen molar-refractivity contribution in [2.24, 2.45) is 0 Å². The van der Waals surface area contributed by atoms with Gasteiger partial charge in [-0.2, -0.15) is 8.78 Å². The van der Waals surface area contributed by atoms with Crippen molar-refractivity contribution >= 4 is 34.3 Å². The summed E-state index contributed by atoms with van der Waals surface area (Å²) in [6, 6.07) is 4.11. The van der Waals surface area contributed by atoms with Crippen LogP contribution in [0.4, 0.5) is 13.2 Å². The second-order valence-electron chi connectivity index (χ2n) is 2.85. The van der Waals surface area contributed by atoms with Crippen LogP contribution >= 0.6 is 23.2 Å². The average Bonchev–Trinajstić information content (AvgIpc) is 2.17. The van der Waals surface area contributed by atoms with Gasteiger partial charge >= 0.3 is 5.25 Å². The lowest BCUT2D eigenvalue weighted by Gasteiger charge is -2.25. The molecule has 0 aliphatic heterocycles. The molecular weight excluding hydrogens is 288 g/mol. The summed E-state index contributed by atoms with van der Waals surface area (Å²) in [5.74, 6) is 0. The normalized spacial score (nSPS) is 17.9. The van der Waals surface area contributed by atoms with E-state index < -0.39 is 27.0 Å². The number of benzene rings is 1. The summed E-state index contributed by atoms with van der Waals surface area (Å²) in [4.78, 5) is 0. The van der Waals surface area contributed by atoms with Gasteiger partial charge in [-0.15, -0.1) is 0 Å². The average molecular weight is 293 g/mol. The van der Waals surface area contributed by atoms with Crippen molar-refractivity contribution in [1.29, 1.82) is 0 Å². The summed E-state index contributed by atoms with van der Waals surface area (Å²) in [7, 11) is 0. The molecule has 1 rings (SSSR count). The maximum Gasteiger partial charge on any atom is 0.396 e. The zero-order valence-electron chi connectivity index (χ0n) is 7.46. The summed E-state index contributed by atoms with van der Waals surface area (Å²) in [5, 5.41) is -8.19. The topological polar surface area (TPSA) is 37.3 Å². The van der Waals surface area contributed by atoms with E-state index in [1.54, 1.807) is 0 Å². The smallest absolute Gasteiger partial charge is 0.301 e. The Bertz CT molecular complexity index is 408. The third-order valence-electron chi connectivity index (χ3n) is 1.79. The lowest BCUT2D eigenvalue weighted by molar-refractivity contribution is -0.0249. The van der Waals surface area contributed by atoms with Crippen LogP contribution < -0.4 is 0 Å². The van der Waals surface area contributed by atoms with Crippen molar-refractivity contribution in [2.45, 2.75) is 10.4 Å². The third-order valence-corrected chi connectivity index (χ3v) is 3.33. The van der Waals surface area contributed by atoms with Crippen molar-refractivity contribution < 1.29 is 21.9 Å². The first kappa shape index (κ1) is 13.8. The molecule has 2 unspecified atom stereocenters. The first-order chi connectivity index (χ1) is 7.19. The molecule has 0 fully saturated rings. The minimum Gasteiger partial charge on any atom is -0.301 e. The maximum absolute atomic E-state index is 13.6. The molecule has 0 aromatic heterocycles. The molecular formula is C8H5Cl2F3O2S. The Morgan fingerprint density at radius 1 is 1.19 bits per heavy atom. The van der Waals surface area contributed by atoms with Gasteiger partial charge in [-0.05, 0) is 12.1 Å². The number of hydrogen-bond donors (Lipinski definition) is 1. The van der Waals surface area contributed by atoms with E-state index in [1.165, 1.54) is 0 Å². The molecule has 1 aromatic rings. The summed E-state index contributed by atoms with van der Waals surface area (Å²) < 4.78 is 58.3. The van der Waals surface area contributed by atoms with Gasteiger partial charge in [-0.1, -0.05) is 35.3 Å². The molecule has 0 amide bonds. The number of rotatable bonds is 3. The fourth-order valence-electron chi connectivity index (χ4n) is 0.937. The molecule has 0 bridgehead atoms. The lowest BCUT2D eigenvalue weighted by Crippen LogP contribution is -2.40. The second kappa shape index (κ2) is 4.52. The van der Waals surface area contributed by atoms with E-state index in [9.17, 15) is 17.4 Å². The minimum atomic E-state index is -4.62. The molecule has 90 valence electrons. The van der Waals surface area contributed by atoms with E-state index in [0.29, 0.717) is 0 Å². The Balaban J connectivity index is 3.20. The Morgan fingerprint density at radius 2 is 1.62 bits per heavy atom. The number of hydrogen-bond acceptors (Lipinski definition) is 1. The molecule has 0 saturated heterocycles. The van der Waals surface area contributed by atoms with Gasteiger partial charge in [0.15, 0.2) is 0 Å². The van der Waals surface area contributed by atoms with Crippen molar-refractivity contribution in [3.8, 4) is 0 Å². The van der Waals surface area contributed by atoms with Gasteiger partial charge in [0.2, 0.25) is 11.1 Å². The first-order valence-corrected chi connectivity index (χ1v) is 5.68. The second-order valence-corrected chi connectivity index (χ2v) is 4.82. The van der Waals surface area contributed by atoms with Gasteiger partial charge in [0.05, 0.1) is 0 Å². The molecule has 0 saturated carbocycles. The van der Waals surface area contributed by atoms with Crippen molar-refractivity contribution in [3.63, 3.8) is 0 Å². The van der Waals surface area contributed by atoms with E-state index in [0.717, 1.165) is 24.3 Å². The van der Waals surface area contributed by atoms with E-state index in [1.807, 2.05) is 0 Å². The predicted octanol–water partition coefficient (Wildman–Crippen LogP) is 3.52. The van der Waals surface area contributed by atoms with E-state index >= 15 is 0 Å². The van der Waals surface area contributed by atoms with Gasteiger partial charge in [-0.25, -0.2) is 8.60 Å². The fraction of sp³-hybridized carbons (Fsp3) is 0.250. The number of halogens is 5. The Hall–Kier alpha value is -0.300. The highest BCUT2D eigenvalue weighted by molar-refractivity contribution is 7.80. The van der Waals surface area contributed by atoms with Crippen LogP contribution in [0.3, 0.4) is 0 Å². The largest absolute Gasteiger partial charge is 0.396 e. The van der Waals surface area contributed by atoms with Crippen LogP contribution in [0.2, 0.25) is 5.02 Å². The van der Waals surface area contributed by atoms with Crippen LogP contribution in [0, 0.1) is 0 Å². The summed E-state index contributed by atoms with van der Waals surface area (Å²) in [6.45, 7) is 0. The SMILES string of the molecule is O=S(O)C(F)(F)C(F)(Cl)c1ccc(Cl)cc1. The van der Waals surface area contributed by atoms with Crippen LogP contribution in [0.1, 0.15) is 5.56 Å². The molecule has 0 spiro atoms. The molecule has 0 aliphatic carbocycles. The Kier molecular flexibility index (Phi) is 3.89. The van der Waals surface area contributed by atoms with Crippen LogP contribution in [-0.2, 0) is 16.2 Å². The van der Waals surface area contributed by atoms with Gasteiger partial charge in [0, 0.05) is 10.6 Å². The maximum atomic E-state index is 13.6. The van der Waals surface area contributed by atoms with Gasteiger partial charge in [0.25, 0.3) is 5.13 Å². The lowest BCUT2D eigenvalue weighted by atomic mass is 10.1. The molecule has 2 nitrogen and oxygen atoms in total. The standard InChI is InChI=1S/C8H5Cl2F3O2S/c9-6-3-1-5(2-4-6)7(10,11)8(12,13)16(14)15/h1-4H,(H,14,15). The van der Waals surface area contributed by atoms with Crippen LogP contribution in [-0.4, -0.2) is 14.0 Å². The van der Waals surface area contributed by atoms with Gasteiger partial charge < -0.3 is 4.55 Å². The van der Waals surface area contributed by atoms with E-state index in [2.05, 4.69) is 0 Å². The highest BCUT2D eigenvalue weighted by Crippen LogP contribution is 2.46. The molecule has 1 aromatic carbocycles. The highest BCUT2D eigenvalue weighted by Gasteiger charge is 2.60. The van der Waals surface area contributed by atoms with Crippen LogP contribution in [0.15, 0.2) is 24.3 Å². The van der Waals surface area contributed by atoms with E-state index in [4.69, 9.17) is 27.8 Å². The van der Waals surface area contributed by atoms with Crippen molar-refractivity contribution in [2.75, 3.05) is 0 Å². The van der Waals surface area contributed by atoms with E-state index in [-0.39, 0.29) is 5.02 Å². The van der Waals surface area contributed by atoms with Crippen molar-refractivity contribution in [1.82, 2.24) is 0 Å².